The summed E-state index contributed by atoms with van der Waals surface area (Å²) in [6.45, 7) is 0. The zero-order chi connectivity index (χ0) is 14.1. The first-order valence-corrected chi connectivity index (χ1v) is 6.00. The van der Waals surface area contributed by atoms with Gasteiger partial charge in [0.25, 0.3) is 0 Å². The molecule has 100 valence electrons. The zero-order valence-corrected chi connectivity index (χ0v) is 10.4. The van der Waals surface area contributed by atoms with Gasteiger partial charge >= 0.3 is 0 Å². The van der Waals surface area contributed by atoms with Gasteiger partial charge in [0.15, 0.2) is 0 Å². The maximum Gasteiger partial charge on any atom is 0.205 e. The van der Waals surface area contributed by atoms with Gasteiger partial charge < -0.3 is 5.73 Å². The van der Waals surface area contributed by atoms with Crippen LogP contribution in [0, 0.1) is 11.6 Å². The summed E-state index contributed by atoms with van der Waals surface area (Å²) in [4.78, 5) is 4.23. The summed E-state index contributed by atoms with van der Waals surface area (Å²) in [7, 11) is 0. The Labute approximate surface area is 114 Å². The summed E-state index contributed by atoms with van der Waals surface area (Å²) in [6.07, 6.45) is 1.73. The topological polar surface area (TPSA) is 43.8 Å². The van der Waals surface area contributed by atoms with E-state index in [4.69, 9.17) is 5.73 Å². The minimum atomic E-state index is -0.314. The number of nitrogens with zero attached hydrogens (tertiary/aromatic N) is 2. The molecule has 0 unspecified atom stereocenters. The molecule has 2 N–H and O–H groups in total. The summed E-state index contributed by atoms with van der Waals surface area (Å²) in [5, 5.41) is 0. The average molecular weight is 271 g/mol. The lowest BCUT2D eigenvalue weighted by Gasteiger charge is -2.03. The van der Waals surface area contributed by atoms with Crippen molar-refractivity contribution in [1.29, 1.82) is 0 Å². The second-order valence-electron chi connectivity index (χ2n) is 4.34. The number of imidazole rings is 1. The first-order chi connectivity index (χ1) is 9.63. The van der Waals surface area contributed by atoms with Crippen LogP contribution in [0.2, 0.25) is 0 Å². The molecular weight excluding hydrogens is 260 g/mol. The van der Waals surface area contributed by atoms with Crippen LogP contribution in [0.5, 0.6) is 0 Å². The van der Waals surface area contributed by atoms with Gasteiger partial charge in [-0.2, -0.15) is 0 Å². The number of aromatic nitrogens is 2. The van der Waals surface area contributed by atoms with Crippen molar-refractivity contribution in [3.63, 3.8) is 0 Å². The summed E-state index contributed by atoms with van der Waals surface area (Å²) in [5.74, 6) is -0.332. The minimum absolute atomic E-state index is 0.288. The maximum absolute atomic E-state index is 12.9. The third-order valence-electron chi connectivity index (χ3n) is 2.98. The molecule has 0 aliphatic heterocycles. The molecule has 3 rings (SSSR count). The van der Waals surface area contributed by atoms with Gasteiger partial charge in [0.05, 0.1) is 5.69 Å². The fraction of sp³-hybridized carbons (Fsp3) is 0. The van der Waals surface area contributed by atoms with Crippen LogP contribution in [-0.2, 0) is 0 Å². The Morgan fingerprint density at radius 1 is 0.850 bits per heavy atom. The van der Waals surface area contributed by atoms with Gasteiger partial charge in [0.2, 0.25) is 5.95 Å². The van der Waals surface area contributed by atoms with Crippen molar-refractivity contribution in [2.75, 3.05) is 5.73 Å². The largest absolute Gasteiger partial charge is 0.369 e. The summed E-state index contributed by atoms with van der Waals surface area (Å²) >= 11 is 0. The Kier molecular flexibility index (Phi) is 2.95. The predicted molar refractivity (Wildman–Crippen MR) is 73.3 cm³/mol. The number of hydrogen-bond donors (Lipinski definition) is 1. The van der Waals surface area contributed by atoms with Gasteiger partial charge in [-0.15, -0.1) is 0 Å². The Hall–Kier alpha value is -2.69. The van der Waals surface area contributed by atoms with Crippen molar-refractivity contribution in [2.45, 2.75) is 0 Å². The third-order valence-corrected chi connectivity index (χ3v) is 2.98. The molecule has 1 heterocycles. The van der Waals surface area contributed by atoms with E-state index in [1.165, 1.54) is 24.3 Å². The standard InChI is InChI=1S/C15H11F2N3/c16-11-3-1-10(2-4-11)14-9-20(15(18)19-14)13-7-5-12(17)6-8-13/h1-9H,(H2,18,19). The van der Waals surface area contributed by atoms with E-state index in [1.54, 1.807) is 35.0 Å². The van der Waals surface area contributed by atoms with Crippen LogP contribution < -0.4 is 5.73 Å². The van der Waals surface area contributed by atoms with E-state index in [0.29, 0.717) is 11.4 Å². The molecule has 0 fully saturated rings. The smallest absolute Gasteiger partial charge is 0.205 e. The Balaban J connectivity index is 2.02. The Bertz CT molecular complexity index is 731. The molecule has 0 aliphatic carbocycles. The second-order valence-corrected chi connectivity index (χ2v) is 4.34. The summed E-state index contributed by atoms with van der Waals surface area (Å²) in [6, 6.07) is 11.9. The van der Waals surface area contributed by atoms with Gasteiger partial charge in [-0.05, 0) is 48.5 Å². The SMILES string of the molecule is Nc1nc(-c2ccc(F)cc2)cn1-c1ccc(F)cc1. The molecule has 0 atom stereocenters. The van der Waals surface area contributed by atoms with Crippen LogP contribution >= 0.6 is 0 Å². The first-order valence-electron chi connectivity index (χ1n) is 6.00. The average Bonchev–Trinajstić information content (AvgIpc) is 2.82. The van der Waals surface area contributed by atoms with Gasteiger partial charge in [-0.1, -0.05) is 0 Å². The van der Waals surface area contributed by atoms with E-state index < -0.39 is 0 Å². The van der Waals surface area contributed by atoms with E-state index >= 15 is 0 Å². The number of nitrogens with two attached hydrogens (primary N) is 1. The highest BCUT2D eigenvalue weighted by Crippen LogP contribution is 2.23. The van der Waals surface area contributed by atoms with Crippen molar-refractivity contribution in [1.82, 2.24) is 9.55 Å². The van der Waals surface area contributed by atoms with Crippen molar-refractivity contribution in [2.24, 2.45) is 0 Å². The number of rotatable bonds is 2. The second kappa shape index (κ2) is 4.77. The van der Waals surface area contributed by atoms with E-state index in [2.05, 4.69) is 4.98 Å². The predicted octanol–water partition coefficient (Wildman–Crippen LogP) is 3.40. The van der Waals surface area contributed by atoms with E-state index in [0.717, 1.165) is 5.56 Å². The van der Waals surface area contributed by atoms with Gasteiger partial charge in [0, 0.05) is 17.4 Å². The van der Waals surface area contributed by atoms with E-state index in [1.807, 2.05) is 0 Å². The lowest BCUT2D eigenvalue weighted by Crippen LogP contribution is -1.99. The van der Waals surface area contributed by atoms with Crippen molar-refractivity contribution < 1.29 is 8.78 Å². The molecule has 0 bridgehead atoms. The highest BCUT2D eigenvalue weighted by atomic mass is 19.1. The van der Waals surface area contributed by atoms with Crippen LogP contribution in [0.4, 0.5) is 14.7 Å². The maximum atomic E-state index is 12.9. The van der Waals surface area contributed by atoms with Crippen LogP contribution in [0.1, 0.15) is 0 Å². The highest BCUT2D eigenvalue weighted by molar-refractivity contribution is 5.61. The van der Waals surface area contributed by atoms with Crippen molar-refractivity contribution >= 4 is 5.95 Å². The lowest BCUT2D eigenvalue weighted by atomic mass is 10.2. The molecule has 0 saturated carbocycles. The number of hydrogen-bond acceptors (Lipinski definition) is 2. The van der Waals surface area contributed by atoms with Crippen LogP contribution in [0.15, 0.2) is 54.7 Å². The molecule has 20 heavy (non-hydrogen) atoms. The normalized spacial score (nSPS) is 10.7. The van der Waals surface area contributed by atoms with Gasteiger partial charge in [0.1, 0.15) is 11.6 Å². The molecule has 5 heteroatoms. The van der Waals surface area contributed by atoms with Crippen LogP contribution in [0.25, 0.3) is 16.9 Å². The Morgan fingerprint density at radius 3 is 2.00 bits per heavy atom. The molecule has 3 aromatic rings. The molecule has 0 radical (unpaired) electrons. The monoisotopic (exact) mass is 271 g/mol. The van der Waals surface area contributed by atoms with Gasteiger partial charge in [-0.25, -0.2) is 13.8 Å². The molecular formula is C15H11F2N3. The molecule has 0 spiro atoms. The molecule has 0 saturated heterocycles. The minimum Gasteiger partial charge on any atom is -0.369 e. The Morgan fingerprint density at radius 2 is 1.40 bits per heavy atom. The van der Waals surface area contributed by atoms with Crippen molar-refractivity contribution in [3.8, 4) is 16.9 Å². The number of nitrogen functional groups attached to an aromatic ring is 1. The fourth-order valence-corrected chi connectivity index (χ4v) is 1.96. The molecule has 2 aromatic carbocycles. The molecule has 0 amide bonds. The van der Waals surface area contributed by atoms with Crippen LogP contribution in [0.3, 0.4) is 0 Å². The van der Waals surface area contributed by atoms with E-state index in [9.17, 15) is 8.78 Å². The number of anilines is 1. The molecule has 1 aromatic heterocycles. The number of benzene rings is 2. The van der Waals surface area contributed by atoms with Gasteiger partial charge in [-0.3, -0.25) is 4.57 Å². The summed E-state index contributed by atoms with van der Waals surface area (Å²) < 4.78 is 27.5. The first kappa shape index (κ1) is 12.3. The molecule has 0 aliphatic rings. The highest BCUT2D eigenvalue weighted by Gasteiger charge is 2.08. The quantitative estimate of drug-likeness (QED) is 0.776. The summed E-state index contributed by atoms with van der Waals surface area (Å²) in [5.41, 5.74) is 7.97. The van der Waals surface area contributed by atoms with Crippen LogP contribution in [-0.4, -0.2) is 9.55 Å². The lowest BCUT2D eigenvalue weighted by molar-refractivity contribution is 0.627. The molecule has 3 nitrogen and oxygen atoms in total. The van der Waals surface area contributed by atoms with E-state index in [-0.39, 0.29) is 17.6 Å². The third kappa shape index (κ3) is 2.25. The fourth-order valence-electron chi connectivity index (χ4n) is 1.96. The zero-order valence-electron chi connectivity index (χ0n) is 10.4. The van der Waals surface area contributed by atoms with Crippen molar-refractivity contribution in [3.05, 3.63) is 66.4 Å². The number of halogens is 2.